The highest BCUT2D eigenvalue weighted by molar-refractivity contribution is 5.94. The van der Waals surface area contributed by atoms with Crippen LogP contribution in [0.3, 0.4) is 0 Å². The number of hydrogen-bond donors (Lipinski definition) is 3. The van der Waals surface area contributed by atoms with Crippen LogP contribution in [0.5, 0.6) is 0 Å². The first-order valence-corrected chi connectivity index (χ1v) is 13.4. The van der Waals surface area contributed by atoms with E-state index in [9.17, 15) is 14.7 Å². The zero-order valence-corrected chi connectivity index (χ0v) is 20.8. The highest BCUT2D eigenvalue weighted by Crippen LogP contribution is 2.53. The van der Waals surface area contributed by atoms with Crippen LogP contribution in [-0.4, -0.2) is 52.8 Å². The van der Waals surface area contributed by atoms with Gasteiger partial charge < -0.3 is 20.5 Å². The number of aromatic nitrogens is 2. The van der Waals surface area contributed by atoms with Gasteiger partial charge in [0.05, 0.1) is 11.1 Å². The normalized spacial score (nSPS) is 18.6. The van der Waals surface area contributed by atoms with Gasteiger partial charge in [-0.25, -0.2) is 9.78 Å². The van der Waals surface area contributed by atoms with Crippen LogP contribution in [0.4, 0.5) is 5.82 Å². The number of nitrogens with zero attached hydrogens (tertiary/aromatic N) is 2. The lowest BCUT2D eigenvalue weighted by Crippen LogP contribution is -2.46. The molecule has 0 spiro atoms. The number of rotatable bonds is 13. The molecular formula is C28H36N4O4. The van der Waals surface area contributed by atoms with Crippen molar-refractivity contribution in [2.24, 2.45) is 0 Å². The molecule has 3 N–H and O–H groups in total. The highest BCUT2D eigenvalue weighted by atomic mass is 16.5. The van der Waals surface area contributed by atoms with Crippen molar-refractivity contribution < 1.29 is 19.4 Å². The molecule has 0 saturated heterocycles. The Hall–Kier alpha value is -3.00. The summed E-state index contributed by atoms with van der Waals surface area (Å²) < 4.78 is 5.71. The maximum Gasteiger partial charge on any atom is 0.326 e. The molecule has 3 aliphatic rings. The van der Waals surface area contributed by atoms with Crippen molar-refractivity contribution in [3.8, 4) is 0 Å². The summed E-state index contributed by atoms with van der Waals surface area (Å²) in [5.41, 5.74) is 3.71. The molecule has 2 fully saturated rings. The minimum absolute atomic E-state index is 0.220. The smallest absolute Gasteiger partial charge is 0.326 e. The van der Waals surface area contributed by atoms with Crippen LogP contribution in [-0.2, 0) is 32.6 Å². The summed E-state index contributed by atoms with van der Waals surface area (Å²) in [5, 5.41) is 15.8. The minimum atomic E-state index is -1.03. The van der Waals surface area contributed by atoms with Crippen molar-refractivity contribution in [2.45, 2.75) is 81.6 Å². The first-order valence-electron chi connectivity index (χ1n) is 13.4. The average Bonchev–Trinajstić information content (AvgIpc) is 3.81. The van der Waals surface area contributed by atoms with Crippen LogP contribution in [0.2, 0.25) is 0 Å². The van der Waals surface area contributed by atoms with Gasteiger partial charge in [-0.15, -0.1) is 0 Å². The van der Waals surface area contributed by atoms with Gasteiger partial charge in [-0.2, -0.15) is 0 Å². The second kappa shape index (κ2) is 10.9. The summed E-state index contributed by atoms with van der Waals surface area (Å²) in [6, 6.07) is 7.30. The van der Waals surface area contributed by atoms with Gasteiger partial charge in [0, 0.05) is 38.1 Å². The molecule has 192 valence electrons. The van der Waals surface area contributed by atoms with Gasteiger partial charge in [0.2, 0.25) is 5.91 Å². The van der Waals surface area contributed by atoms with Crippen molar-refractivity contribution in [3.63, 3.8) is 0 Å². The first-order chi connectivity index (χ1) is 17.6. The van der Waals surface area contributed by atoms with E-state index in [2.05, 4.69) is 33.8 Å². The van der Waals surface area contributed by atoms with Gasteiger partial charge in [0.1, 0.15) is 11.9 Å². The third-order valence-electron chi connectivity index (χ3n) is 7.57. The van der Waals surface area contributed by atoms with Gasteiger partial charge in [0.25, 0.3) is 0 Å². The second-order valence-corrected chi connectivity index (χ2v) is 10.4. The zero-order chi connectivity index (χ0) is 25.0. The van der Waals surface area contributed by atoms with Crippen LogP contribution in [0, 0.1) is 0 Å². The van der Waals surface area contributed by atoms with Gasteiger partial charge in [-0.3, -0.25) is 9.78 Å². The van der Waals surface area contributed by atoms with Crippen molar-refractivity contribution in [3.05, 3.63) is 53.0 Å². The van der Waals surface area contributed by atoms with E-state index in [1.807, 2.05) is 6.07 Å². The number of ether oxygens (including phenoxy) is 1. The van der Waals surface area contributed by atoms with E-state index in [0.717, 1.165) is 74.3 Å². The molecule has 2 aliphatic carbocycles. The molecule has 2 aromatic heterocycles. The molecule has 1 unspecified atom stereocenters. The van der Waals surface area contributed by atoms with Gasteiger partial charge >= 0.3 is 5.97 Å². The zero-order valence-electron chi connectivity index (χ0n) is 20.8. The van der Waals surface area contributed by atoms with E-state index in [0.29, 0.717) is 32.0 Å². The minimum Gasteiger partial charge on any atom is -0.480 e. The maximum absolute atomic E-state index is 13.2. The topological polar surface area (TPSA) is 113 Å². The predicted octanol–water partition coefficient (Wildman–Crippen LogP) is 3.74. The largest absolute Gasteiger partial charge is 0.480 e. The molecule has 5 rings (SSSR count). The number of nitrogens with one attached hydrogen (secondary N) is 2. The van der Waals surface area contributed by atoms with Gasteiger partial charge in [-0.1, -0.05) is 12.1 Å². The van der Waals surface area contributed by atoms with E-state index < -0.39 is 17.4 Å². The maximum atomic E-state index is 13.2. The van der Waals surface area contributed by atoms with Crippen LogP contribution in [0.25, 0.3) is 0 Å². The molecular weight excluding hydrogens is 456 g/mol. The van der Waals surface area contributed by atoms with Gasteiger partial charge in [-0.05, 0) is 87.0 Å². The van der Waals surface area contributed by atoms with Crippen LogP contribution >= 0.6 is 0 Å². The highest BCUT2D eigenvalue weighted by Gasteiger charge is 2.55. The van der Waals surface area contributed by atoms with Crippen molar-refractivity contribution >= 4 is 17.7 Å². The standard InChI is InChI=1S/C28H36N4O4/c33-26(34)23(32-27(35)28(13-14-28)24-22(19-8-9-19)7-4-15-29-24)12-18-36-17-2-1-6-21-11-10-20-5-3-16-30-25(20)31-21/h4,7,10-11,15,19,23H,1-3,5-6,8-9,12-14,16-18H2,(H,30,31)(H,32,35)(H,33,34). The number of carbonyl (C=O) groups is 2. The Morgan fingerprint density at radius 1 is 1.19 bits per heavy atom. The van der Waals surface area contributed by atoms with Crippen molar-refractivity contribution in [1.29, 1.82) is 0 Å². The molecule has 0 bridgehead atoms. The second-order valence-electron chi connectivity index (χ2n) is 10.4. The van der Waals surface area contributed by atoms with E-state index in [1.54, 1.807) is 6.20 Å². The fourth-order valence-electron chi connectivity index (χ4n) is 5.11. The van der Waals surface area contributed by atoms with E-state index in [-0.39, 0.29) is 12.3 Å². The van der Waals surface area contributed by atoms with Crippen LogP contribution in [0.1, 0.15) is 79.8 Å². The number of anilines is 1. The number of fused-ring (bicyclic) bond motifs is 1. The fourth-order valence-corrected chi connectivity index (χ4v) is 5.11. The molecule has 3 heterocycles. The van der Waals surface area contributed by atoms with E-state index in [1.165, 1.54) is 5.56 Å². The monoisotopic (exact) mass is 492 g/mol. The Labute approximate surface area is 212 Å². The quantitative estimate of drug-likeness (QED) is 0.365. The lowest BCUT2D eigenvalue weighted by Gasteiger charge is -2.21. The molecule has 2 saturated carbocycles. The number of unbranched alkanes of at least 4 members (excludes halogenated alkanes) is 1. The third-order valence-corrected chi connectivity index (χ3v) is 7.57. The lowest BCUT2D eigenvalue weighted by molar-refractivity contribution is -0.142. The fraction of sp³-hybridized carbons (Fsp3) is 0.571. The van der Waals surface area contributed by atoms with Gasteiger partial charge in [0.15, 0.2) is 0 Å². The Morgan fingerprint density at radius 2 is 2.06 bits per heavy atom. The molecule has 1 atom stereocenters. The summed E-state index contributed by atoms with van der Waals surface area (Å²) in [7, 11) is 0. The Balaban J connectivity index is 1.04. The summed E-state index contributed by atoms with van der Waals surface area (Å²) in [4.78, 5) is 34.3. The summed E-state index contributed by atoms with van der Waals surface area (Å²) in [6.45, 7) is 1.84. The summed E-state index contributed by atoms with van der Waals surface area (Å²) >= 11 is 0. The number of carboxylic acid groups (broad SMARTS) is 1. The first kappa shape index (κ1) is 24.7. The van der Waals surface area contributed by atoms with Crippen LogP contribution < -0.4 is 10.6 Å². The molecule has 1 amide bonds. The number of amides is 1. The van der Waals surface area contributed by atoms with E-state index >= 15 is 0 Å². The van der Waals surface area contributed by atoms with Crippen LogP contribution in [0.15, 0.2) is 30.5 Å². The molecule has 36 heavy (non-hydrogen) atoms. The number of aryl methyl sites for hydroxylation is 2. The number of pyridine rings is 2. The number of carboxylic acids is 1. The summed E-state index contributed by atoms with van der Waals surface area (Å²) in [6.07, 6.45) is 10.6. The third kappa shape index (κ3) is 5.69. The predicted molar refractivity (Wildman–Crippen MR) is 136 cm³/mol. The number of hydrogen-bond acceptors (Lipinski definition) is 6. The molecule has 1 aliphatic heterocycles. The molecule has 0 radical (unpaired) electrons. The summed E-state index contributed by atoms with van der Waals surface area (Å²) in [5.74, 6) is 0.264. The number of carbonyl (C=O) groups excluding carboxylic acids is 1. The SMILES string of the molecule is O=C(O)C(CCOCCCCc1ccc2c(n1)NCCC2)NC(=O)C1(c2ncccc2C2CC2)CC1. The Morgan fingerprint density at radius 3 is 2.83 bits per heavy atom. The molecule has 2 aromatic rings. The average molecular weight is 493 g/mol. The Bertz CT molecular complexity index is 1100. The lowest BCUT2D eigenvalue weighted by atomic mass is 9.93. The Kier molecular flexibility index (Phi) is 7.51. The molecule has 8 nitrogen and oxygen atoms in total. The van der Waals surface area contributed by atoms with Crippen molar-refractivity contribution in [1.82, 2.24) is 15.3 Å². The molecule has 0 aromatic carbocycles. The number of aliphatic carboxylic acids is 1. The van der Waals surface area contributed by atoms with Crippen molar-refractivity contribution in [2.75, 3.05) is 25.1 Å². The van der Waals surface area contributed by atoms with E-state index in [4.69, 9.17) is 9.72 Å². The molecule has 8 heteroatoms.